The SMILES string of the molecule is CCNCC(CCS(=O)(=O)C(C)(C)C)c1ccc(F)cc1. The second-order valence-corrected chi connectivity index (χ2v) is 9.14. The molecule has 1 N–H and O–H groups in total. The van der Waals surface area contributed by atoms with Crippen molar-refractivity contribution >= 4 is 9.84 Å². The van der Waals surface area contributed by atoms with Crippen LogP contribution < -0.4 is 5.32 Å². The van der Waals surface area contributed by atoms with E-state index < -0.39 is 14.6 Å². The lowest BCUT2D eigenvalue weighted by atomic mass is 9.96. The predicted molar refractivity (Wildman–Crippen MR) is 85.8 cm³/mol. The number of benzene rings is 1. The summed E-state index contributed by atoms with van der Waals surface area (Å²) < 4.78 is 36.8. The van der Waals surface area contributed by atoms with Gasteiger partial charge in [-0.2, -0.15) is 0 Å². The van der Waals surface area contributed by atoms with Crippen molar-refractivity contribution in [2.24, 2.45) is 0 Å². The van der Waals surface area contributed by atoms with E-state index in [1.807, 2.05) is 6.92 Å². The van der Waals surface area contributed by atoms with Crippen LogP contribution >= 0.6 is 0 Å². The lowest BCUT2D eigenvalue weighted by Crippen LogP contribution is -2.32. The summed E-state index contributed by atoms with van der Waals surface area (Å²) in [5.41, 5.74) is 0.974. The number of hydrogen-bond donors (Lipinski definition) is 1. The van der Waals surface area contributed by atoms with Gasteiger partial charge in [0.2, 0.25) is 0 Å². The van der Waals surface area contributed by atoms with Crippen molar-refractivity contribution in [1.82, 2.24) is 5.32 Å². The van der Waals surface area contributed by atoms with Gasteiger partial charge in [-0.05, 0) is 57.4 Å². The molecule has 1 unspecified atom stereocenters. The van der Waals surface area contributed by atoms with Gasteiger partial charge < -0.3 is 5.32 Å². The highest BCUT2D eigenvalue weighted by Crippen LogP contribution is 2.24. The molecule has 0 aliphatic carbocycles. The van der Waals surface area contributed by atoms with Gasteiger partial charge in [-0.15, -0.1) is 0 Å². The smallest absolute Gasteiger partial charge is 0.155 e. The molecule has 0 heterocycles. The van der Waals surface area contributed by atoms with Crippen LogP contribution in [0.5, 0.6) is 0 Å². The summed E-state index contributed by atoms with van der Waals surface area (Å²) in [6.45, 7) is 8.69. The molecule has 0 fully saturated rings. The molecule has 0 saturated carbocycles. The lowest BCUT2D eigenvalue weighted by Gasteiger charge is -2.22. The number of halogens is 1. The maximum absolute atomic E-state index is 13.0. The number of sulfone groups is 1. The second kappa shape index (κ2) is 7.36. The third-order valence-electron chi connectivity index (χ3n) is 3.65. The quantitative estimate of drug-likeness (QED) is 0.841. The van der Waals surface area contributed by atoms with E-state index in [0.29, 0.717) is 13.0 Å². The van der Waals surface area contributed by atoms with E-state index in [9.17, 15) is 12.8 Å². The highest BCUT2D eigenvalue weighted by atomic mass is 32.2. The standard InChI is InChI=1S/C16H26FNO2S/c1-5-18-12-14(13-6-8-15(17)9-7-13)10-11-21(19,20)16(2,3)4/h6-9,14,18H,5,10-12H2,1-4H3. The van der Waals surface area contributed by atoms with E-state index in [2.05, 4.69) is 5.32 Å². The Hall–Kier alpha value is -0.940. The molecule has 0 spiro atoms. The summed E-state index contributed by atoms with van der Waals surface area (Å²) in [7, 11) is -3.14. The molecule has 21 heavy (non-hydrogen) atoms. The summed E-state index contributed by atoms with van der Waals surface area (Å²) in [5.74, 6) is -0.0600. The highest BCUT2D eigenvalue weighted by molar-refractivity contribution is 7.92. The van der Waals surface area contributed by atoms with Gasteiger partial charge in [-0.3, -0.25) is 0 Å². The minimum absolute atomic E-state index is 0.0719. The molecule has 0 aliphatic heterocycles. The van der Waals surface area contributed by atoms with E-state index in [0.717, 1.165) is 12.1 Å². The minimum Gasteiger partial charge on any atom is -0.316 e. The topological polar surface area (TPSA) is 46.2 Å². The molecule has 0 aromatic heterocycles. The minimum atomic E-state index is -3.14. The van der Waals surface area contributed by atoms with E-state index >= 15 is 0 Å². The number of likely N-dealkylation sites (N-methyl/N-ethyl adjacent to an activating group) is 1. The monoisotopic (exact) mass is 315 g/mol. The largest absolute Gasteiger partial charge is 0.316 e. The van der Waals surface area contributed by atoms with Crippen LogP contribution in [-0.4, -0.2) is 32.0 Å². The van der Waals surface area contributed by atoms with Gasteiger partial charge in [0.25, 0.3) is 0 Å². The van der Waals surface area contributed by atoms with Gasteiger partial charge in [0.15, 0.2) is 9.84 Å². The zero-order valence-electron chi connectivity index (χ0n) is 13.3. The van der Waals surface area contributed by atoms with E-state index in [1.165, 1.54) is 12.1 Å². The van der Waals surface area contributed by atoms with Gasteiger partial charge >= 0.3 is 0 Å². The maximum atomic E-state index is 13.0. The molecule has 0 bridgehead atoms. The molecule has 1 aromatic carbocycles. The Morgan fingerprint density at radius 1 is 1.19 bits per heavy atom. The zero-order valence-corrected chi connectivity index (χ0v) is 14.1. The molecule has 0 saturated heterocycles. The molecule has 1 atom stereocenters. The van der Waals surface area contributed by atoms with Gasteiger partial charge in [-0.25, -0.2) is 12.8 Å². The first-order valence-electron chi connectivity index (χ1n) is 7.36. The molecule has 0 aliphatic rings. The van der Waals surface area contributed by atoms with Crippen molar-refractivity contribution in [3.8, 4) is 0 Å². The Balaban J connectivity index is 2.82. The summed E-state index contributed by atoms with van der Waals surface area (Å²) >= 11 is 0. The summed E-state index contributed by atoms with van der Waals surface area (Å²) in [6.07, 6.45) is 0.540. The Bertz CT molecular complexity index is 532. The van der Waals surface area contributed by atoms with Crippen molar-refractivity contribution in [3.63, 3.8) is 0 Å². The molecule has 120 valence electrons. The van der Waals surface area contributed by atoms with Crippen molar-refractivity contribution in [2.75, 3.05) is 18.8 Å². The van der Waals surface area contributed by atoms with Crippen molar-refractivity contribution in [3.05, 3.63) is 35.6 Å². The number of rotatable bonds is 7. The van der Waals surface area contributed by atoms with Gasteiger partial charge in [0, 0.05) is 6.54 Å². The van der Waals surface area contributed by atoms with Gasteiger partial charge in [0.1, 0.15) is 5.82 Å². The predicted octanol–water partition coefficient (Wildman–Crippen LogP) is 3.12. The fourth-order valence-electron chi connectivity index (χ4n) is 2.04. The number of nitrogens with one attached hydrogen (secondary N) is 1. The molecule has 1 rings (SSSR count). The first-order chi connectivity index (χ1) is 9.67. The lowest BCUT2D eigenvalue weighted by molar-refractivity contribution is 0.540. The van der Waals surface area contributed by atoms with Crippen LogP contribution in [0.3, 0.4) is 0 Å². The molecule has 5 heteroatoms. The normalized spacial score (nSPS) is 14.1. The second-order valence-electron chi connectivity index (χ2n) is 6.28. The Labute approximate surface area is 127 Å². The number of hydrogen-bond acceptors (Lipinski definition) is 3. The summed E-state index contributed by atoms with van der Waals surface area (Å²) in [4.78, 5) is 0. The molecule has 1 aromatic rings. The Morgan fingerprint density at radius 2 is 1.76 bits per heavy atom. The molecule has 0 amide bonds. The van der Waals surface area contributed by atoms with E-state index in [4.69, 9.17) is 0 Å². The van der Waals surface area contributed by atoms with Gasteiger partial charge in [-0.1, -0.05) is 19.1 Å². The van der Waals surface area contributed by atoms with Crippen molar-refractivity contribution in [1.29, 1.82) is 0 Å². The fraction of sp³-hybridized carbons (Fsp3) is 0.625. The molecule has 3 nitrogen and oxygen atoms in total. The molecular formula is C16H26FNO2S. The van der Waals surface area contributed by atoms with Crippen LogP contribution in [0.15, 0.2) is 24.3 Å². The fourth-order valence-corrected chi connectivity index (χ4v) is 3.25. The Morgan fingerprint density at radius 3 is 2.24 bits per heavy atom. The first kappa shape index (κ1) is 18.1. The average Bonchev–Trinajstić information content (AvgIpc) is 2.39. The van der Waals surface area contributed by atoms with Crippen LogP contribution in [0, 0.1) is 5.82 Å². The van der Waals surface area contributed by atoms with Crippen LogP contribution in [-0.2, 0) is 9.84 Å². The van der Waals surface area contributed by atoms with E-state index in [-0.39, 0.29) is 17.5 Å². The van der Waals surface area contributed by atoms with Crippen LogP contribution in [0.25, 0.3) is 0 Å². The van der Waals surface area contributed by atoms with Crippen LogP contribution in [0.2, 0.25) is 0 Å². The Kier molecular flexibility index (Phi) is 6.35. The molecular weight excluding hydrogens is 289 g/mol. The van der Waals surface area contributed by atoms with Crippen molar-refractivity contribution < 1.29 is 12.8 Å². The summed E-state index contributed by atoms with van der Waals surface area (Å²) in [5, 5.41) is 3.25. The van der Waals surface area contributed by atoms with Crippen LogP contribution in [0.1, 0.15) is 45.6 Å². The van der Waals surface area contributed by atoms with Crippen molar-refractivity contribution in [2.45, 2.75) is 44.8 Å². The third-order valence-corrected chi connectivity index (χ3v) is 6.29. The summed E-state index contributed by atoms with van der Waals surface area (Å²) in [6, 6.07) is 6.32. The zero-order chi connectivity index (χ0) is 16.1. The highest BCUT2D eigenvalue weighted by Gasteiger charge is 2.29. The van der Waals surface area contributed by atoms with E-state index in [1.54, 1.807) is 32.9 Å². The average molecular weight is 315 g/mol. The van der Waals surface area contributed by atoms with Gasteiger partial charge in [0.05, 0.1) is 10.5 Å². The molecule has 0 radical (unpaired) electrons. The van der Waals surface area contributed by atoms with Crippen LogP contribution in [0.4, 0.5) is 4.39 Å². The third kappa shape index (κ3) is 5.40. The first-order valence-corrected chi connectivity index (χ1v) is 9.01. The maximum Gasteiger partial charge on any atom is 0.155 e.